The van der Waals surface area contributed by atoms with Gasteiger partial charge in [-0.25, -0.2) is 5.43 Å². The lowest BCUT2D eigenvalue weighted by Crippen LogP contribution is -2.36. The molecular weight excluding hydrogens is 294 g/mol. The third-order valence-electron chi connectivity index (χ3n) is 3.82. The number of nitrogens with zero attached hydrogens (tertiary/aromatic N) is 1. The molecule has 0 heterocycles. The number of nitrogens with one attached hydrogen (secondary N) is 2. The van der Waals surface area contributed by atoms with E-state index < -0.39 is 0 Å². The maximum atomic E-state index is 11.8. The molecule has 0 bridgehead atoms. The largest absolute Gasteiger partial charge is 0.508 e. The summed E-state index contributed by atoms with van der Waals surface area (Å²) >= 11 is 0. The fraction of sp³-hybridized carbons (Fsp3) is 0.471. The van der Waals surface area contributed by atoms with E-state index in [4.69, 9.17) is 0 Å². The number of hydrazone groups is 1. The smallest absolute Gasteiger partial charge is 0.240 e. The Labute approximate surface area is 136 Å². The molecule has 1 fully saturated rings. The zero-order valence-electron chi connectivity index (χ0n) is 13.1. The van der Waals surface area contributed by atoms with Gasteiger partial charge in [0.25, 0.3) is 0 Å². The summed E-state index contributed by atoms with van der Waals surface area (Å²) in [5.41, 5.74) is 3.06. The van der Waals surface area contributed by atoms with Crippen LogP contribution in [0.1, 0.15) is 50.5 Å². The highest BCUT2D eigenvalue weighted by Gasteiger charge is 2.15. The van der Waals surface area contributed by atoms with E-state index >= 15 is 0 Å². The van der Waals surface area contributed by atoms with E-state index in [2.05, 4.69) is 15.8 Å². The first kappa shape index (κ1) is 17.0. The quantitative estimate of drug-likeness (QED) is 0.554. The lowest BCUT2D eigenvalue weighted by atomic mass is 9.95. The Morgan fingerprint density at radius 2 is 1.91 bits per heavy atom. The van der Waals surface area contributed by atoms with Gasteiger partial charge in [-0.1, -0.05) is 31.4 Å². The molecule has 1 aliphatic carbocycles. The summed E-state index contributed by atoms with van der Waals surface area (Å²) in [6.07, 6.45) is 7.36. The van der Waals surface area contributed by atoms with Crippen molar-refractivity contribution < 1.29 is 14.7 Å². The molecule has 6 nitrogen and oxygen atoms in total. The number of carbonyl (C=O) groups excluding carboxylic acids is 2. The van der Waals surface area contributed by atoms with Crippen molar-refractivity contribution in [3.8, 4) is 5.75 Å². The summed E-state index contributed by atoms with van der Waals surface area (Å²) in [6.45, 7) is 0. The van der Waals surface area contributed by atoms with Crippen LogP contribution in [0.25, 0.3) is 0 Å². The van der Waals surface area contributed by atoms with Crippen LogP contribution in [-0.2, 0) is 9.59 Å². The first-order valence-electron chi connectivity index (χ1n) is 8.04. The highest BCUT2D eigenvalue weighted by molar-refractivity contribution is 5.85. The van der Waals surface area contributed by atoms with E-state index in [0.717, 1.165) is 25.7 Å². The van der Waals surface area contributed by atoms with Crippen LogP contribution in [0, 0.1) is 0 Å². The average Bonchev–Trinajstić information content (AvgIpc) is 2.54. The second kappa shape index (κ2) is 8.92. The number of phenolic OH excluding ortho intramolecular Hbond substituents is 1. The lowest BCUT2D eigenvalue weighted by Gasteiger charge is -2.22. The summed E-state index contributed by atoms with van der Waals surface area (Å²) in [7, 11) is 0. The number of carbonyl (C=O) groups is 2. The molecule has 3 N–H and O–H groups in total. The summed E-state index contributed by atoms with van der Waals surface area (Å²) in [5.74, 6) is -0.246. The fourth-order valence-electron chi connectivity index (χ4n) is 2.61. The molecule has 0 unspecified atom stereocenters. The molecule has 0 radical (unpaired) electrons. The molecule has 1 aliphatic rings. The van der Waals surface area contributed by atoms with Gasteiger partial charge in [0.15, 0.2) is 0 Å². The third-order valence-corrected chi connectivity index (χ3v) is 3.82. The molecule has 0 atom stereocenters. The minimum Gasteiger partial charge on any atom is -0.508 e. The predicted molar refractivity (Wildman–Crippen MR) is 88.1 cm³/mol. The zero-order valence-corrected chi connectivity index (χ0v) is 13.1. The van der Waals surface area contributed by atoms with Crippen molar-refractivity contribution in [3.63, 3.8) is 0 Å². The fourth-order valence-corrected chi connectivity index (χ4v) is 2.61. The molecule has 124 valence electrons. The van der Waals surface area contributed by atoms with Gasteiger partial charge in [0.1, 0.15) is 5.75 Å². The maximum absolute atomic E-state index is 11.8. The van der Waals surface area contributed by atoms with Gasteiger partial charge in [0.2, 0.25) is 11.8 Å². The van der Waals surface area contributed by atoms with Crippen molar-refractivity contribution in [2.45, 2.75) is 51.0 Å². The second-order valence-electron chi connectivity index (χ2n) is 5.79. The van der Waals surface area contributed by atoms with Crippen LogP contribution >= 0.6 is 0 Å². The summed E-state index contributed by atoms with van der Waals surface area (Å²) in [4.78, 5) is 23.4. The summed E-state index contributed by atoms with van der Waals surface area (Å²) < 4.78 is 0. The van der Waals surface area contributed by atoms with Gasteiger partial charge in [-0.2, -0.15) is 5.10 Å². The molecule has 0 aromatic heterocycles. The van der Waals surface area contributed by atoms with E-state index in [9.17, 15) is 14.7 Å². The van der Waals surface area contributed by atoms with Crippen molar-refractivity contribution in [3.05, 3.63) is 29.8 Å². The third kappa shape index (κ3) is 6.50. The van der Waals surface area contributed by atoms with Crippen molar-refractivity contribution in [1.29, 1.82) is 0 Å². The molecule has 1 saturated carbocycles. The Balaban J connectivity index is 1.65. The van der Waals surface area contributed by atoms with Crippen molar-refractivity contribution in [2.24, 2.45) is 5.10 Å². The minimum absolute atomic E-state index is 0.0796. The SMILES string of the molecule is O=C(CCC(=O)NC1CCCCC1)N/N=C\c1cccc(O)c1. The zero-order chi connectivity index (χ0) is 16.5. The van der Waals surface area contributed by atoms with E-state index in [1.165, 1.54) is 18.7 Å². The molecule has 2 rings (SSSR count). The highest BCUT2D eigenvalue weighted by Crippen LogP contribution is 2.17. The number of hydrogen-bond donors (Lipinski definition) is 3. The van der Waals surface area contributed by atoms with E-state index in [1.807, 2.05) is 0 Å². The number of amides is 2. The van der Waals surface area contributed by atoms with E-state index in [1.54, 1.807) is 18.2 Å². The molecule has 1 aromatic rings. The predicted octanol–water partition coefficient (Wildman–Crippen LogP) is 2.07. The van der Waals surface area contributed by atoms with Crippen molar-refractivity contribution in [2.75, 3.05) is 0 Å². The molecule has 0 saturated heterocycles. The van der Waals surface area contributed by atoms with Gasteiger partial charge < -0.3 is 10.4 Å². The molecule has 6 heteroatoms. The van der Waals surface area contributed by atoms with E-state index in [-0.39, 0.29) is 36.4 Å². The molecule has 23 heavy (non-hydrogen) atoms. The second-order valence-corrected chi connectivity index (χ2v) is 5.79. The standard InChI is InChI=1S/C17H23N3O3/c21-15-8-4-5-13(11-15)12-18-20-17(23)10-9-16(22)19-14-6-2-1-3-7-14/h4-5,8,11-12,14,21H,1-3,6-7,9-10H2,(H,19,22)(H,20,23)/b18-12-. The van der Waals surface area contributed by atoms with Crippen LogP contribution < -0.4 is 10.7 Å². The Hall–Kier alpha value is -2.37. The number of rotatable bonds is 6. The first-order valence-corrected chi connectivity index (χ1v) is 8.04. The molecular formula is C17H23N3O3. The first-order chi connectivity index (χ1) is 11.1. The number of aromatic hydroxyl groups is 1. The summed E-state index contributed by atoms with van der Waals surface area (Å²) in [6, 6.07) is 6.80. The van der Waals surface area contributed by atoms with Crippen LogP contribution in [0.3, 0.4) is 0 Å². The lowest BCUT2D eigenvalue weighted by molar-refractivity contribution is -0.126. The van der Waals surface area contributed by atoms with Crippen LogP contribution in [-0.4, -0.2) is 29.2 Å². The maximum Gasteiger partial charge on any atom is 0.240 e. The Morgan fingerprint density at radius 3 is 2.65 bits per heavy atom. The topological polar surface area (TPSA) is 90.8 Å². The Kier molecular flexibility index (Phi) is 6.59. The normalized spacial score (nSPS) is 15.5. The minimum atomic E-state index is -0.305. The number of phenols is 1. The van der Waals surface area contributed by atoms with Crippen LogP contribution in [0.2, 0.25) is 0 Å². The molecule has 0 aliphatic heterocycles. The van der Waals surface area contributed by atoms with Crippen LogP contribution in [0.4, 0.5) is 0 Å². The number of benzene rings is 1. The van der Waals surface area contributed by atoms with Gasteiger partial charge in [-0.05, 0) is 30.5 Å². The molecule has 2 amide bonds. The van der Waals surface area contributed by atoms with Crippen molar-refractivity contribution in [1.82, 2.24) is 10.7 Å². The summed E-state index contributed by atoms with van der Waals surface area (Å²) in [5, 5.41) is 16.1. The van der Waals surface area contributed by atoms with Crippen LogP contribution in [0.5, 0.6) is 5.75 Å². The van der Waals surface area contributed by atoms with Crippen LogP contribution in [0.15, 0.2) is 29.4 Å². The monoisotopic (exact) mass is 317 g/mol. The van der Waals surface area contributed by atoms with Gasteiger partial charge in [-0.3, -0.25) is 9.59 Å². The Morgan fingerprint density at radius 1 is 1.17 bits per heavy atom. The molecule has 1 aromatic carbocycles. The number of hydrogen-bond acceptors (Lipinski definition) is 4. The average molecular weight is 317 g/mol. The highest BCUT2D eigenvalue weighted by atomic mass is 16.3. The van der Waals surface area contributed by atoms with Crippen molar-refractivity contribution >= 4 is 18.0 Å². The Bertz CT molecular complexity index is 566. The molecule has 0 spiro atoms. The van der Waals surface area contributed by atoms with Gasteiger partial charge >= 0.3 is 0 Å². The van der Waals surface area contributed by atoms with Gasteiger partial charge in [0.05, 0.1) is 6.21 Å². The van der Waals surface area contributed by atoms with E-state index in [0.29, 0.717) is 5.56 Å². The van der Waals surface area contributed by atoms with Gasteiger partial charge in [-0.15, -0.1) is 0 Å². The van der Waals surface area contributed by atoms with Gasteiger partial charge in [0, 0.05) is 18.9 Å².